The van der Waals surface area contributed by atoms with Gasteiger partial charge in [-0.3, -0.25) is 14.5 Å². The standard InChI is InChI=1S/C54H98N4O4/c1-7-8-9-10-11-12-13-14-15-16-17-18-19-20-21-27-50(59)56-38-24-39-58(41-51(60)57-37-23-36-55)52(61)62-45-32-34-53(5)44(40-45)28-29-46-48-31-30-47(43(4)26-22-25-42(2)3)54(48,6)35-33-49(46)53/h28,42-43,45-49H,7-27,29-41,55H2,1-6H3,(H,56,59)(H,57,60)/t43-,45+,46+,47-,48+,49+,53+,54-/m1/s1. The number of fused-ring (bicyclic) bond motifs is 5. The maximum Gasteiger partial charge on any atom is 0.410 e. The van der Waals surface area contributed by atoms with Crippen LogP contribution in [0, 0.1) is 46.3 Å². The predicted octanol–water partition coefficient (Wildman–Crippen LogP) is 13.1. The molecule has 0 bridgehead atoms. The number of amides is 3. The van der Waals surface area contributed by atoms with Crippen LogP contribution in [0.4, 0.5) is 4.79 Å². The van der Waals surface area contributed by atoms with Gasteiger partial charge in [-0.15, -0.1) is 0 Å². The highest BCUT2D eigenvalue weighted by Gasteiger charge is 2.59. The molecule has 4 rings (SSSR count). The molecule has 0 saturated heterocycles. The van der Waals surface area contributed by atoms with Crippen LogP contribution in [0.2, 0.25) is 0 Å². The molecule has 8 heteroatoms. The van der Waals surface area contributed by atoms with Crippen molar-refractivity contribution in [3.63, 3.8) is 0 Å². The van der Waals surface area contributed by atoms with E-state index in [4.69, 9.17) is 10.5 Å². The van der Waals surface area contributed by atoms with Crippen molar-refractivity contribution in [1.29, 1.82) is 0 Å². The van der Waals surface area contributed by atoms with Crippen molar-refractivity contribution in [2.24, 2.45) is 52.1 Å². The number of hydrogen-bond donors (Lipinski definition) is 3. The van der Waals surface area contributed by atoms with Gasteiger partial charge in [-0.1, -0.05) is 162 Å². The van der Waals surface area contributed by atoms with Gasteiger partial charge in [-0.25, -0.2) is 4.79 Å². The van der Waals surface area contributed by atoms with Crippen LogP contribution in [0.5, 0.6) is 0 Å². The van der Waals surface area contributed by atoms with Crippen molar-refractivity contribution in [2.75, 3.05) is 32.7 Å². The molecule has 8 atom stereocenters. The first-order chi connectivity index (χ1) is 29.9. The van der Waals surface area contributed by atoms with Crippen molar-refractivity contribution >= 4 is 17.9 Å². The van der Waals surface area contributed by atoms with E-state index in [1.807, 2.05) is 0 Å². The molecule has 358 valence electrons. The number of carbonyl (C=O) groups is 3. The number of rotatable bonds is 31. The maximum absolute atomic E-state index is 13.8. The summed E-state index contributed by atoms with van der Waals surface area (Å²) < 4.78 is 6.26. The maximum atomic E-state index is 13.8. The van der Waals surface area contributed by atoms with Crippen LogP contribution in [-0.4, -0.2) is 61.6 Å². The number of hydrogen-bond acceptors (Lipinski definition) is 5. The summed E-state index contributed by atoms with van der Waals surface area (Å²) in [6, 6.07) is 0. The summed E-state index contributed by atoms with van der Waals surface area (Å²) in [6.45, 7) is 16.5. The average Bonchev–Trinajstić information content (AvgIpc) is 3.60. The molecular formula is C54H98N4O4. The highest BCUT2D eigenvalue weighted by atomic mass is 16.6. The van der Waals surface area contributed by atoms with Crippen LogP contribution in [0.25, 0.3) is 0 Å². The quantitative estimate of drug-likeness (QED) is 0.0474. The first-order valence-electron chi connectivity index (χ1n) is 26.8. The molecule has 3 amide bonds. The first-order valence-corrected chi connectivity index (χ1v) is 26.8. The van der Waals surface area contributed by atoms with Crippen LogP contribution in [0.15, 0.2) is 11.6 Å². The van der Waals surface area contributed by atoms with Crippen LogP contribution in [0.3, 0.4) is 0 Å². The Labute approximate surface area is 381 Å². The number of allylic oxidation sites excluding steroid dienone is 1. The van der Waals surface area contributed by atoms with Crippen LogP contribution in [0.1, 0.15) is 228 Å². The zero-order valence-corrected chi connectivity index (χ0v) is 41.3. The Morgan fingerprint density at radius 1 is 0.742 bits per heavy atom. The smallest absolute Gasteiger partial charge is 0.410 e. The fraction of sp³-hybridized carbons (Fsp3) is 0.907. The largest absolute Gasteiger partial charge is 0.446 e. The van der Waals surface area contributed by atoms with Crippen LogP contribution >= 0.6 is 0 Å². The Hall–Kier alpha value is -2.09. The van der Waals surface area contributed by atoms with Gasteiger partial charge in [-0.05, 0) is 117 Å². The number of nitrogens with two attached hydrogens (primary N) is 1. The van der Waals surface area contributed by atoms with E-state index >= 15 is 0 Å². The third kappa shape index (κ3) is 16.4. The molecule has 0 aromatic heterocycles. The van der Waals surface area contributed by atoms with Gasteiger partial charge < -0.3 is 21.1 Å². The first kappa shape index (κ1) is 52.5. The summed E-state index contributed by atoms with van der Waals surface area (Å²) in [7, 11) is 0. The van der Waals surface area contributed by atoms with Gasteiger partial charge in [0.25, 0.3) is 0 Å². The van der Waals surface area contributed by atoms with Gasteiger partial charge in [0.1, 0.15) is 12.6 Å². The minimum absolute atomic E-state index is 0.0507. The second-order valence-electron chi connectivity index (χ2n) is 21.9. The van der Waals surface area contributed by atoms with Gasteiger partial charge in [0.2, 0.25) is 11.8 Å². The number of carbonyl (C=O) groups excluding carboxylic acids is 3. The average molecular weight is 867 g/mol. The Balaban J connectivity index is 1.17. The SMILES string of the molecule is CCCCCCCCCCCCCCCCCC(=O)NCCCN(CC(=O)NCCCN)C(=O)O[C@H]1CC[C@@]2(C)C(=CC[C@H]3[C@@H]4CC[C@H]([C@H](C)CCCC(C)C)[C@@]4(C)CC[C@@H]32)C1. The fourth-order valence-corrected chi connectivity index (χ4v) is 13.0. The molecule has 0 unspecified atom stereocenters. The Morgan fingerprint density at radius 2 is 1.37 bits per heavy atom. The minimum Gasteiger partial charge on any atom is -0.446 e. The highest BCUT2D eigenvalue weighted by Crippen LogP contribution is 2.67. The summed E-state index contributed by atoms with van der Waals surface area (Å²) >= 11 is 0. The monoisotopic (exact) mass is 867 g/mol. The highest BCUT2D eigenvalue weighted by molar-refractivity contribution is 5.82. The molecule has 0 heterocycles. The van der Waals surface area contributed by atoms with E-state index < -0.39 is 6.09 Å². The van der Waals surface area contributed by atoms with E-state index in [0.717, 1.165) is 67.6 Å². The summed E-state index contributed by atoms with van der Waals surface area (Å²) in [5.41, 5.74) is 7.81. The lowest BCUT2D eigenvalue weighted by Gasteiger charge is -2.58. The Kier molecular flexibility index (Phi) is 23.8. The van der Waals surface area contributed by atoms with E-state index in [0.29, 0.717) is 50.9 Å². The molecule has 0 radical (unpaired) electrons. The third-order valence-electron chi connectivity index (χ3n) is 16.8. The van der Waals surface area contributed by atoms with Gasteiger partial charge in [-0.2, -0.15) is 0 Å². The van der Waals surface area contributed by atoms with E-state index in [-0.39, 0.29) is 29.9 Å². The molecule has 0 aliphatic heterocycles. The van der Waals surface area contributed by atoms with E-state index in [2.05, 4.69) is 58.3 Å². The van der Waals surface area contributed by atoms with Crippen molar-refractivity contribution in [3.05, 3.63) is 11.6 Å². The Bertz CT molecular complexity index is 1340. The number of ether oxygens (including phenoxy) is 1. The van der Waals surface area contributed by atoms with Crippen molar-refractivity contribution in [1.82, 2.24) is 15.5 Å². The predicted molar refractivity (Wildman–Crippen MR) is 259 cm³/mol. The Morgan fingerprint density at radius 3 is 2.02 bits per heavy atom. The summed E-state index contributed by atoms with van der Waals surface area (Å²) in [5.74, 6) is 4.67. The zero-order valence-electron chi connectivity index (χ0n) is 41.3. The fourth-order valence-electron chi connectivity index (χ4n) is 13.0. The number of unbranched alkanes of at least 4 members (excludes halogenated alkanes) is 14. The molecule has 4 aliphatic rings. The zero-order chi connectivity index (χ0) is 44.8. The van der Waals surface area contributed by atoms with Crippen molar-refractivity contribution in [2.45, 2.75) is 234 Å². The van der Waals surface area contributed by atoms with Crippen LogP contribution in [-0.2, 0) is 14.3 Å². The van der Waals surface area contributed by atoms with Crippen molar-refractivity contribution < 1.29 is 19.1 Å². The third-order valence-corrected chi connectivity index (χ3v) is 16.8. The lowest BCUT2D eigenvalue weighted by molar-refractivity contribution is -0.123. The summed E-state index contributed by atoms with van der Waals surface area (Å²) in [6.07, 6.45) is 36.9. The molecule has 4 aliphatic carbocycles. The molecule has 0 aromatic rings. The molecule has 4 N–H and O–H groups in total. The number of nitrogens with zero attached hydrogens (tertiary/aromatic N) is 1. The van der Waals surface area contributed by atoms with Gasteiger partial charge in [0.15, 0.2) is 0 Å². The lowest BCUT2D eigenvalue weighted by Crippen LogP contribution is -2.51. The topological polar surface area (TPSA) is 114 Å². The molecule has 0 spiro atoms. The summed E-state index contributed by atoms with van der Waals surface area (Å²) in [4.78, 5) is 40.9. The second kappa shape index (κ2) is 28.1. The molecule has 8 nitrogen and oxygen atoms in total. The van der Waals surface area contributed by atoms with Crippen LogP contribution < -0.4 is 16.4 Å². The van der Waals surface area contributed by atoms with E-state index in [1.165, 1.54) is 140 Å². The molecule has 3 fully saturated rings. The normalized spacial score (nSPS) is 27.2. The molecule has 62 heavy (non-hydrogen) atoms. The van der Waals surface area contributed by atoms with E-state index in [1.54, 1.807) is 4.90 Å². The van der Waals surface area contributed by atoms with E-state index in [9.17, 15) is 14.4 Å². The summed E-state index contributed by atoms with van der Waals surface area (Å²) in [5, 5.41) is 5.96. The van der Waals surface area contributed by atoms with Gasteiger partial charge >= 0.3 is 6.09 Å². The van der Waals surface area contributed by atoms with Gasteiger partial charge in [0.05, 0.1) is 0 Å². The molecule has 3 saturated carbocycles. The van der Waals surface area contributed by atoms with Gasteiger partial charge in [0, 0.05) is 32.5 Å². The molecular weight excluding hydrogens is 769 g/mol. The lowest BCUT2D eigenvalue weighted by atomic mass is 9.47. The second-order valence-corrected chi connectivity index (χ2v) is 21.9. The van der Waals surface area contributed by atoms with Crippen molar-refractivity contribution in [3.8, 4) is 0 Å². The number of nitrogens with one attached hydrogen (secondary N) is 2. The minimum atomic E-state index is -0.418. The molecule has 0 aromatic carbocycles.